The molecule has 132 valence electrons. The van der Waals surface area contributed by atoms with Gasteiger partial charge >= 0.3 is 0 Å². The van der Waals surface area contributed by atoms with E-state index in [2.05, 4.69) is 20.6 Å². The van der Waals surface area contributed by atoms with E-state index in [9.17, 15) is 4.79 Å². The third-order valence-corrected chi connectivity index (χ3v) is 4.24. The molecule has 0 saturated heterocycles. The van der Waals surface area contributed by atoms with Gasteiger partial charge in [-0.05, 0) is 25.0 Å². The Morgan fingerprint density at radius 2 is 1.76 bits per heavy atom. The predicted molar refractivity (Wildman–Crippen MR) is 94.6 cm³/mol. The van der Waals surface area contributed by atoms with Crippen LogP contribution in [0.2, 0.25) is 0 Å². The zero-order chi connectivity index (χ0) is 17.6. The number of amides is 1. The van der Waals surface area contributed by atoms with Crippen molar-refractivity contribution in [2.45, 2.75) is 31.7 Å². The minimum atomic E-state index is -0.121. The first-order valence-corrected chi connectivity index (χ1v) is 8.31. The highest BCUT2D eigenvalue weighted by atomic mass is 16.5. The van der Waals surface area contributed by atoms with Crippen LogP contribution in [0.5, 0.6) is 11.5 Å². The first-order chi connectivity index (χ1) is 12.2. The largest absolute Gasteiger partial charge is 0.493 e. The molecule has 7 nitrogen and oxygen atoms in total. The van der Waals surface area contributed by atoms with Crippen LogP contribution in [-0.4, -0.2) is 36.1 Å². The molecule has 1 aromatic heterocycles. The molecule has 1 heterocycles. The van der Waals surface area contributed by atoms with Gasteiger partial charge < -0.3 is 20.1 Å². The van der Waals surface area contributed by atoms with Gasteiger partial charge in [-0.25, -0.2) is 9.97 Å². The fourth-order valence-corrected chi connectivity index (χ4v) is 2.89. The average molecular weight is 342 g/mol. The molecule has 3 rings (SSSR count). The van der Waals surface area contributed by atoms with Gasteiger partial charge in [0.1, 0.15) is 0 Å². The van der Waals surface area contributed by atoms with Crippen LogP contribution in [0.3, 0.4) is 0 Å². The summed E-state index contributed by atoms with van der Waals surface area (Å²) in [6.07, 6.45) is 7.50. The van der Waals surface area contributed by atoms with Gasteiger partial charge in [-0.3, -0.25) is 4.79 Å². The summed E-state index contributed by atoms with van der Waals surface area (Å²) in [4.78, 5) is 20.6. The summed E-state index contributed by atoms with van der Waals surface area (Å²) in [5, 5.41) is 6.10. The van der Waals surface area contributed by atoms with Crippen molar-refractivity contribution in [1.29, 1.82) is 0 Å². The van der Waals surface area contributed by atoms with E-state index in [0.717, 1.165) is 18.5 Å². The molecule has 0 unspecified atom stereocenters. The minimum Gasteiger partial charge on any atom is -0.493 e. The van der Waals surface area contributed by atoms with Crippen LogP contribution in [0.1, 0.15) is 36.0 Å². The van der Waals surface area contributed by atoms with Gasteiger partial charge in [0.15, 0.2) is 11.5 Å². The number of benzene rings is 1. The Bertz CT molecular complexity index is 728. The molecule has 0 atom stereocenters. The highest BCUT2D eigenvalue weighted by Gasteiger charge is 2.18. The summed E-state index contributed by atoms with van der Waals surface area (Å²) in [6.45, 7) is 0. The average Bonchev–Trinajstić information content (AvgIpc) is 3.15. The van der Waals surface area contributed by atoms with Crippen molar-refractivity contribution < 1.29 is 14.3 Å². The molecule has 2 N–H and O–H groups in total. The van der Waals surface area contributed by atoms with Crippen molar-refractivity contribution in [2.75, 3.05) is 19.5 Å². The number of anilines is 2. The monoisotopic (exact) mass is 342 g/mol. The summed E-state index contributed by atoms with van der Waals surface area (Å²) in [5.41, 5.74) is 1.23. The van der Waals surface area contributed by atoms with E-state index < -0.39 is 0 Å². The lowest BCUT2D eigenvalue weighted by atomic mass is 10.2. The standard InChI is InChI=1S/C18H22N4O3/c1-24-15-8-7-14(9-16(15)25-2)22-18-19-10-12(11-20-18)17(23)21-13-5-3-4-6-13/h7-11,13H,3-6H2,1-2H3,(H,21,23)(H,19,20,22). The Morgan fingerprint density at radius 3 is 2.40 bits per heavy atom. The van der Waals surface area contributed by atoms with E-state index in [-0.39, 0.29) is 11.9 Å². The van der Waals surface area contributed by atoms with E-state index in [1.165, 1.54) is 25.2 Å². The minimum absolute atomic E-state index is 0.121. The van der Waals surface area contributed by atoms with Gasteiger partial charge in [0.2, 0.25) is 5.95 Å². The fraction of sp³-hybridized carbons (Fsp3) is 0.389. The van der Waals surface area contributed by atoms with Crippen molar-refractivity contribution in [3.05, 3.63) is 36.2 Å². The number of ether oxygens (including phenoxy) is 2. The number of hydrogen-bond acceptors (Lipinski definition) is 6. The van der Waals surface area contributed by atoms with Crippen molar-refractivity contribution in [1.82, 2.24) is 15.3 Å². The first-order valence-electron chi connectivity index (χ1n) is 8.31. The molecule has 1 fully saturated rings. The Kier molecular flexibility index (Phi) is 5.33. The number of rotatable bonds is 6. The van der Waals surface area contributed by atoms with Gasteiger partial charge in [-0.1, -0.05) is 12.8 Å². The van der Waals surface area contributed by atoms with Crippen LogP contribution in [0, 0.1) is 0 Å². The second kappa shape index (κ2) is 7.83. The quantitative estimate of drug-likeness (QED) is 0.839. The maximum absolute atomic E-state index is 12.2. The van der Waals surface area contributed by atoms with Crippen LogP contribution in [0.4, 0.5) is 11.6 Å². The van der Waals surface area contributed by atoms with Crippen LogP contribution in [-0.2, 0) is 0 Å². The Balaban J connectivity index is 1.65. The molecular weight excluding hydrogens is 320 g/mol. The summed E-state index contributed by atoms with van der Waals surface area (Å²) < 4.78 is 10.5. The molecule has 0 radical (unpaired) electrons. The van der Waals surface area contributed by atoms with Gasteiger partial charge in [-0.15, -0.1) is 0 Å². The normalized spacial score (nSPS) is 14.2. The number of nitrogens with zero attached hydrogens (tertiary/aromatic N) is 2. The third-order valence-electron chi connectivity index (χ3n) is 4.24. The molecule has 1 aromatic carbocycles. The summed E-state index contributed by atoms with van der Waals surface area (Å²) in [5.74, 6) is 1.54. The Labute approximate surface area is 146 Å². The van der Waals surface area contributed by atoms with E-state index in [4.69, 9.17) is 9.47 Å². The maximum Gasteiger partial charge on any atom is 0.254 e. The maximum atomic E-state index is 12.2. The summed E-state index contributed by atoms with van der Waals surface area (Å²) in [7, 11) is 3.17. The predicted octanol–water partition coefficient (Wildman–Crippen LogP) is 2.91. The molecule has 1 aliphatic carbocycles. The van der Waals surface area contributed by atoms with Gasteiger partial charge in [-0.2, -0.15) is 0 Å². The second-order valence-electron chi connectivity index (χ2n) is 5.94. The van der Waals surface area contributed by atoms with Crippen LogP contribution in [0.25, 0.3) is 0 Å². The van der Waals surface area contributed by atoms with Crippen molar-refractivity contribution in [2.24, 2.45) is 0 Å². The van der Waals surface area contributed by atoms with Gasteiger partial charge in [0.25, 0.3) is 5.91 Å². The molecule has 1 aliphatic rings. The lowest BCUT2D eigenvalue weighted by Gasteiger charge is -2.12. The fourth-order valence-electron chi connectivity index (χ4n) is 2.89. The van der Waals surface area contributed by atoms with Crippen molar-refractivity contribution in [3.8, 4) is 11.5 Å². The van der Waals surface area contributed by atoms with Crippen molar-refractivity contribution in [3.63, 3.8) is 0 Å². The highest BCUT2D eigenvalue weighted by Crippen LogP contribution is 2.30. The summed E-state index contributed by atoms with van der Waals surface area (Å²) in [6, 6.07) is 5.70. The SMILES string of the molecule is COc1ccc(Nc2ncc(C(=O)NC3CCCC3)cn2)cc1OC. The number of methoxy groups -OCH3 is 2. The second-order valence-corrected chi connectivity index (χ2v) is 5.94. The zero-order valence-corrected chi connectivity index (χ0v) is 14.4. The van der Waals surface area contributed by atoms with E-state index in [0.29, 0.717) is 23.0 Å². The molecule has 0 spiro atoms. The van der Waals surface area contributed by atoms with Crippen LogP contribution in [0.15, 0.2) is 30.6 Å². The van der Waals surface area contributed by atoms with Gasteiger partial charge in [0, 0.05) is 30.2 Å². The molecule has 25 heavy (non-hydrogen) atoms. The number of nitrogens with one attached hydrogen (secondary N) is 2. The molecule has 0 aliphatic heterocycles. The van der Waals surface area contributed by atoms with Crippen LogP contribution < -0.4 is 20.1 Å². The molecule has 7 heteroatoms. The summed E-state index contributed by atoms with van der Waals surface area (Å²) >= 11 is 0. The topological polar surface area (TPSA) is 85.4 Å². The smallest absolute Gasteiger partial charge is 0.254 e. The molecule has 1 amide bonds. The molecule has 2 aromatic rings. The number of carbonyl (C=O) groups excluding carboxylic acids is 1. The zero-order valence-electron chi connectivity index (χ0n) is 14.4. The highest BCUT2D eigenvalue weighted by molar-refractivity contribution is 5.93. The van der Waals surface area contributed by atoms with Gasteiger partial charge in [0.05, 0.1) is 19.8 Å². The van der Waals surface area contributed by atoms with Crippen LogP contribution >= 0.6 is 0 Å². The van der Waals surface area contributed by atoms with E-state index >= 15 is 0 Å². The van der Waals surface area contributed by atoms with Crippen molar-refractivity contribution >= 4 is 17.5 Å². The molecule has 1 saturated carbocycles. The van der Waals surface area contributed by atoms with E-state index in [1.807, 2.05) is 6.07 Å². The molecule has 0 bridgehead atoms. The number of aromatic nitrogens is 2. The van der Waals surface area contributed by atoms with E-state index in [1.54, 1.807) is 26.4 Å². The number of hydrogen-bond donors (Lipinski definition) is 2. The Hall–Kier alpha value is -2.83. The lowest BCUT2D eigenvalue weighted by Crippen LogP contribution is -2.32. The lowest BCUT2D eigenvalue weighted by molar-refractivity contribution is 0.0937. The number of carbonyl (C=O) groups is 1. The third kappa shape index (κ3) is 4.17. The first kappa shape index (κ1) is 17.0. The molecular formula is C18H22N4O3. The Morgan fingerprint density at radius 1 is 1.08 bits per heavy atom.